The van der Waals surface area contributed by atoms with E-state index in [1.54, 1.807) is 12.1 Å². The van der Waals surface area contributed by atoms with Gasteiger partial charge >= 0.3 is 11.9 Å². The molecule has 0 amide bonds. The summed E-state index contributed by atoms with van der Waals surface area (Å²) in [6, 6.07) is 12.2. The maximum absolute atomic E-state index is 11.9. The van der Waals surface area contributed by atoms with Gasteiger partial charge in [-0.15, -0.1) is 0 Å². The van der Waals surface area contributed by atoms with Crippen molar-refractivity contribution in [1.82, 2.24) is 0 Å². The van der Waals surface area contributed by atoms with Gasteiger partial charge in [0, 0.05) is 17.5 Å². The monoisotopic (exact) mass is 340 g/mol. The van der Waals surface area contributed by atoms with Crippen LogP contribution >= 0.6 is 0 Å². The number of aryl methyl sites for hydroxylation is 1. The van der Waals surface area contributed by atoms with E-state index >= 15 is 0 Å². The summed E-state index contributed by atoms with van der Waals surface area (Å²) in [7, 11) is 0. The molecule has 2 aromatic rings. The van der Waals surface area contributed by atoms with Gasteiger partial charge in [-0.1, -0.05) is 29.8 Å². The van der Waals surface area contributed by atoms with Crippen LogP contribution in [0.1, 0.15) is 21.5 Å². The number of carbonyl (C=O) groups is 2. The molecule has 0 fully saturated rings. The lowest BCUT2D eigenvalue weighted by molar-refractivity contribution is -0.138. The summed E-state index contributed by atoms with van der Waals surface area (Å²) >= 11 is 0. The standard InChI is InChI=1S/C19H20N2O4/c1-13-2-4-14(5-3-13)6-9-18(22)24-10-11-25-19(23)16-8-7-15(20)12-17(16)21/h2-9,12H,10-11,20-21H2,1H3/b9-6+. The van der Waals surface area contributed by atoms with Gasteiger partial charge in [0.2, 0.25) is 0 Å². The van der Waals surface area contributed by atoms with E-state index in [4.69, 9.17) is 20.9 Å². The fraction of sp³-hybridized carbons (Fsp3) is 0.158. The average Bonchev–Trinajstić information content (AvgIpc) is 2.58. The first-order chi connectivity index (χ1) is 12.0. The van der Waals surface area contributed by atoms with Gasteiger partial charge in [-0.2, -0.15) is 0 Å². The van der Waals surface area contributed by atoms with Crippen LogP contribution in [0.2, 0.25) is 0 Å². The van der Waals surface area contributed by atoms with Crippen molar-refractivity contribution in [2.24, 2.45) is 0 Å². The maximum Gasteiger partial charge on any atom is 0.340 e. The van der Waals surface area contributed by atoms with Crippen molar-refractivity contribution in [1.29, 1.82) is 0 Å². The summed E-state index contributed by atoms with van der Waals surface area (Å²) in [5.41, 5.74) is 14.2. The first-order valence-corrected chi connectivity index (χ1v) is 7.69. The van der Waals surface area contributed by atoms with Crippen LogP contribution in [0.4, 0.5) is 11.4 Å². The Morgan fingerprint density at radius 1 is 1.00 bits per heavy atom. The Kier molecular flexibility index (Phi) is 6.17. The molecule has 6 heteroatoms. The molecule has 0 aromatic heterocycles. The third kappa shape index (κ3) is 5.69. The molecule has 130 valence electrons. The quantitative estimate of drug-likeness (QED) is 0.362. The lowest BCUT2D eigenvalue weighted by atomic mass is 10.1. The molecule has 0 bridgehead atoms. The highest BCUT2D eigenvalue weighted by Gasteiger charge is 2.11. The second-order valence-corrected chi connectivity index (χ2v) is 5.39. The molecule has 2 rings (SSSR count). The number of nitrogens with two attached hydrogens (primary N) is 2. The van der Waals surface area contributed by atoms with Crippen molar-refractivity contribution in [3.63, 3.8) is 0 Å². The average molecular weight is 340 g/mol. The highest BCUT2D eigenvalue weighted by molar-refractivity contribution is 5.95. The first kappa shape index (κ1) is 18.1. The Morgan fingerprint density at radius 3 is 2.36 bits per heavy atom. The molecular weight excluding hydrogens is 320 g/mol. The van der Waals surface area contributed by atoms with Crippen LogP contribution in [-0.4, -0.2) is 25.2 Å². The Balaban J connectivity index is 1.74. The normalized spacial score (nSPS) is 10.6. The van der Waals surface area contributed by atoms with Crippen LogP contribution in [0.5, 0.6) is 0 Å². The zero-order chi connectivity index (χ0) is 18.2. The topological polar surface area (TPSA) is 105 Å². The fourth-order valence-electron chi connectivity index (χ4n) is 2.01. The second kappa shape index (κ2) is 8.54. The molecule has 4 N–H and O–H groups in total. The Hall–Kier alpha value is -3.28. The number of ether oxygens (including phenoxy) is 2. The van der Waals surface area contributed by atoms with Crippen molar-refractivity contribution in [3.05, 3.63) is 65.2 Å². The molecule has 6 nitrogen and oxygen atoms in total. The summed E-state index contributed by atoms with van der Waals surface area (Å²) in [6.45, 7) is 1.88. The minimum Gasteiger partial charge on any atom is -0.459 e. The predicted octanol–water partition coefficient (Wildman–Crippen LogP) is 2.57. The Bertz CT molecular complexity index is 783. The SMILES string of the molecule is Cc1ccc(/C=C/C(=O)OCCOC(=O)c2ccc(N)cc2N)cc1. The van der Waals surface area contributed by atoms with Crippen LogP contribution in [0.15, 0.2) is 48.5 Å². The molecule has 0 aliphatic heterocycles. The zero-order valence-corrected chi connectivity index (χ0v) is 13.9. The molecule has 0 unspecified atom stereocenters. The van der Waals surface area contributed by atoms with Crippen molar-refractivity contribution in [2.45, 2.75) is 6.92 Å². The summed E-state index contributed by atoms with van der Waals surface area (Å²) in [6.07, 6.45) is 2.98. The minimum atomic E-state index is -0.594. The van der Waals surface area contributed by atoms with Gasteiger partial charge in [0.1, 0.15) is 13.2 Å². The van der Waals surface area contributed by atoms with E-state index in [1.165, 1.54) is 18.2 Å². The smallest absolute Gasteiger partial charge is 0.340 e. The molecule has 0 atom stereocenters. The highest BCUT2D eigenvalue weighted by Crippen LogP contribution is 2.16. The number of rotatable bonds is 6. The second-order valence-electron chi connectivity index (χ2n) is 5.39. The van der Waals surface area contributed by atoms with E-state index in [2.05, 4.69) is 0 Å². The van der Waals surface area contributed by atoms with E-state index in [9.17, 15) is 9.59 Å². The molecule has 25 heavy (non-hydrogen) atoms. The summed E-state index contributed by atoms with van der Waals surface area (Å²) in [4.78, 5) is 23.5. The molecule has 0 spiro atoms. The van der Waals surface area contributed by atoms with Crippen molar-refractivity contribution < 1.29 is 19.1 Å². The van der Waals surface area contributed by atoms with Crippen LogP contribution in [-0.2, 0) is 14.3 Å². The number of benzene rings is 2. The summed E-state index contributed by atoms with van der Waals surface area (Å²) in [5.74, 6) is -1.10. The zero-order valence-electron chi connectivity index (χ0n) is 13.9. The molecule has 0 aliphatic carbocycles. The van der Waals surface area contributed by atoms with Crippen LogP contribution in [0.3, 0.4) is 0 Å². The molecule has 0 saturated carbocycles. The number of anilines is 2. The lowest BCUT2D eigenvalue weighted by Gasteiger charge is -2.07. The Labute approximate surface area is 146 Å². The molecule has 0 saturated heterocycles. The van der Waals surface area contributed by atoms with Crippen molar-refractivity contribution in [2.75, 3.05) is 24.7 Å². The van der Waals surface area contributed by atoms with E-state index in [0.29, 0.717) is 5.69 Å². The number of hydrogen-bond donors (Lipinski definition) is 2. The molecule has 2 aromatic carbocycles. The van der Waals surface area contributed by atoms with Gasteiger partial charge in [-0.05, 0) is 36.8 Å². The van der Waals surface area contributed by atoms with Crippen LogP contribution in [0, 0.1) is 6.92 Å². The molecular formula is C19H20N2O4. The summed E-state index contributed by atoms with van der Waals surface area (Å²) in [5, 5.41) is 0. The van der Waals surface area contributed by atoms with Gasteiger partial charge in [0.15, 0.2) is 0 Å². The third-order valence-corrected chi connectivity index (χ3v) is 3.35. The molecule has 0 heterocycles. The minimum absolute atomic E-state index is 0.0440. The summed E-state index contributed by atoms with van der Waals surface area (Å²) < 4.78 is 9.98. The third-order valence-electron chi connectivity index (χ3n) is 3.35. The predicted molar refractivity (Wildman–Crippen MR) is 96.7 cm³/mol. The van der Waals surface area contributed by atoms with Gasteiger partial charge < -0.3 is 20.9 Å². The van der Waals surface area contributed by atoms with E-state index < -0.39 is 11.9 Å². The number of esters is 2. The van der Waals surface area contributed by atoms with Gasteiger partial charge in [0.25, 0.3) is 0 Å². The first-order valence-electron chi connectivity index (χ1n) is 7.69. The maximum atomic E-state index is 11.9. The number of carbonyl (C=O) groups excluding carboxylic acids is 2. The van der Waals surface area contributed by atoms with Gasteiger partial charge in [-0.25, -0.2) is 9.59 Å². The highest BCUT2D eigenvalue weighted by atomic mass is 16.6. The molecule has 0 aliphatic rings. The van der Waals surface area contributed by atoms with Gasteiger partial charge in [0.05, 0.1) is 5.56 Å². The van der Waals surface area contributed by atoms with Crippen molar-refractivity contribution >= 4 is 29.4 Å². The van der Waals surface area contributed by atoms with Gasteiger partial charge in [-0.3, -0.25) is 0 Å². The molecule has 0 radical (unpaired) electrons. The lowest BCUT2D eigenvalue weighted by Crippen LogP contribution is -2.14. The van der Waals surface area contributed by atoms with E-state index in [1.807, 2.05) is 31.2 Å². The van der Waals surface area contributed by atoms with Crippen LogP contribution in [0.25, 0.3) is 6.08 Å². The fourth-order valence-corrected chi connectivity index (χ4v) is 2.01. The van der Waals surface area contributed by atoms with E-state index in [-0.39, 0.29) is 24.5 Å². The Morgan fingerprint density at radius 2 is 1.68 bits per heavy atom. The van der Waals surface area contributed by atoms with E-state index in [0.717, 1.165) is 11.1 Å². The van der Waals surface area contributed by atoms with Crippen LogP contribution < -0.4 is 11.5 Å². The number of nitrogen functional groups attached to an aromatic ring is 2. The number of hydrogen-bond acceptors (Lipinski definition) is 6. The largest absolute Gasteiger partial charge is 0.459 e. The van der Waals surface area contributed by atoms with Crippen molar-refractivity contribution in [3.8, 4) is 0 Å².